The van der Waals surface area contributed by atoms with Crippen molar-refractivity contribution in [2.75, 3.05) is 32.1 Å². The number of rotatable bonds is 5. The summed E-state index contributed by atoms with van der Waals surface area (Å²) in [4.78, 5) is 14.1. The van der Waals surface area contributed by atoms with Gasteiger partial charge in [-0.1, -0.05) is 12.1 Å². The molecular weight excluding hydrogens is 327 g/mol. The Morgan fingerprint density at radius 1 is 1.33 bits per heavy atom. The molecule has 2 amide bonds. The maximum Gasteiger partial charge on any atom is 0.573 e. The van der Waals surface area contributed by atoms with Gasteiger partial charge in [-0.25, -0.2) is 4.79 Å². The molecule has 1 heterocycles. The molecule has 0 radical (unpaired) electrons. The summed E-state index contributed by atoms with van der Waals surface area (Å²) in [6.07, 6.45) is -4.99. The number of para-hydroxylation sites is 2. The second kappa shape index (κ2) is 7.71. The number of carbonyl (C=O) groups excluding carboxylic acids is 1. The van der Waals surface area contributed by atoms with Crippen LogP contribution in [-0.4, -0.2) is 56.2 Å². The van der Waals surface area contributed by atoms with Crippen LogP contribution in [0.25, 0.3) is 0 Å². The Morgan fingerprint density at radius 2 is 2.04 bits per heavy atom. The van der Waals surface area contributed by atoms with Gasteiger partial charge >= 0.3 is 12.4 Å². The number of likely N-dealkylation sites (tertiary alicyclic amines) is 1. The molecule has 1 aromatic rings. The lowest BCUT2D eigenvalue weighted by Crippen LogP contribution is -2.45. The summed E-state index contributed by atoms with van der Waals surface area (Å²) in [7, 11) is 1.90. The Kier molecular flexibility index (Phi) is 5.89. The lowest BCUT2D eigenvalue weighted by molar-refractivity contribution is -0.274. The van der Waals surface area contributed by atoms with E-state index in [1.54, 1.807) is 0 Å². The molecule has 0 aromatic heterocycles. The SMILES string of the molecule is CCO[C@H]1CN(C)C[C@@H]1NC(=O)Nc1ccccc1OC(F)(F)F. The van der Waals surface area contributed by atoms with Crippen molar-refractivity contribution in [1.82, 2.24) is 10.2 Å². The van der Waals surface area contributed by atoms with E-state index in [1.807, 2.05) is 18.9 Å². The molecule has 2 rings (SSSR count). The van der Waals surface area contributed by atoms with E-state index in [-0.39, 0.29) is 17.8 Å². The summed E-state index contributed by atoms with van der Waals surface area (Å²) in [6.45, 7) is 3.64. The Hall–Kier alpha value is -2.00. The number of ether oxygens (including phenoxy) is 2. The lowest BCUT2D eigenvalue weighted by atomic mass is 10.2. The van der Waals surface area contributed by atoms with Crippen LogP contribution in [0.3, 0.4) is 0 Å². The second-order valence-corrected chi connectivity index (χ2v) is 5.46. The van der Waals surface area contributed by atoms with Crippen LogP contribution in [0.15, 0.2) is 24.3 Å². The second-order valence-electron chi connectivity index (χ2n) is 5.46. The molecule has 24 heavy (non-hydrogen) atoms. The molecule has 0 saturated carbocycles. The van der Waals surface area contributed by atoms with Gasteiger partial charge in [0, 0.05) is 19.7 Å². The number of carbonyl (C=O) groups is 1. The topological polar surface area (TPSA) is 62.8 Å². The van der Waals surface area contributed by atoms with Gasteiger partial charge in [-0.3, -0.25) is 0 Å². The van der Waals surface area contributed by atoms with Gasteiger partial charge in [-0.2, -0.15) is 0 Å². The van der Waals surface area contributed by atoms with Gasteiger partial charge in [0.1, 0.15) is 0 Å². The van der Waals surface area contributed by atoms with Gasteiger partial charge in [0.05, 0.1) is 17.8 Å². The first-order valence-corrected chi connectivity index (χ1v) is 7.51. The van der Waals surface area contributed by atoms with Crippen molar-refractivity contribution >= 4 is 11.7 Å². The summed E-state index contributed by atoms with van der Waals surface area (Å²) in [5, 5.41) is 5.12. The average Bonchev–Trinajstić information content (AvgIpc) is 2.79. The number of urea groups is 1. The number of likely N-dealkylation sites (N-methyl/N-ethyl adjacent to an activating group) is 1. The summed E-state index contributed by atoms with van der Waals surface area (Å²) in [5.74, 6) is -0.468. The molecule has 1 aromatic carbocycles. The van der Waals surface area contributed by atoms with E-state index < -0.39 is 18.1 Å². The Morgan fingerprint density at radius 3 is 2.71 bits per heavy atom. The highest BCUT2D eigenvalue weighted by atomic mass is 19.4. The first-order valence-electron chi connectivity index (χ1n) is 7.51. The standard InChI is InChI=1S/C15H20F3N3O3/c1-3-23-13-9-21(2)8-11(13)20-14(22)19-10-6-4-5-7-12(10)24-15(16,17)18/h4-7,11,13H,3,8-9H2,1-2H3,(H2,19,20,22)/t11-,13-/m0/s1. The van der Waals surface area contributed by atoms with E-state index in [0.717, 1.165) is 6.07 Å². The van der Waals surface area contributed by atoms with Gasteiger partial charge in [0.15, 0.2) is 5.75 Å². The molecule has 0 aliphatic carbocycles. The largest absolute Gasteiger partial charge is 0.573 e. The van der Waals surface area contributed by atoms with Gasteiger partial charge in [0.25, 0.3) is 0 Å². The molecule has 2 atom stereocenters. The first-order chi connectivity index (χ1) is 11.3. The van der Waals surface area contributed by atoms with Gasteiger partial charge in [-0.15, -0.1) is 13.2 Å². The zero-order valence-electron chi connectivity index (χ0n) is 13.4. The van der Waals surface area contributed by atoms with Gasteiger partial charge in [0.2, 0.25) is 0 Å². The van der Waals surface area contributed by atoms with Crippen molar-refractivity contribution in [3.8, 4) is 5.75 Å². The third-order valence-electron chi connectivity index (χ3n) is 3.51. The number of amides is 2. The number of anilines is 1. The summed E-state index contributed by atoms with van der Waals surface area (Å²) in [5.41, 5.74) is -0.0633. The molecule has 6 nitrogen and oxygen atoms in total. The number of nitrogens with one attached hydrogen (secondary N) is 2. The highest BCUT2D eigenvalue weighted by molar-refractivity contribution is 5.91. The van der Waals surface area contributed by atoms with Crippen LogP contribution in [0, 0.1) is 0 Å². The van der Waals surface area contributed by atoms with E-state index in [4.69, 9.17) is 4.74 Å². The van der Waals surface area contributed by atoms with Crippen molar-refractivity contribution in [1.29, 1.82) is 0 Å². The third-order valence-corrected chi connectivity index (χ3v) is 3.51. The molecule has 2 N–H and O–H groups in total. The number of halogens is 3. The van der Waals surface area contributed by atoms with Crippen molar-refractivity contribution in [2.24, 2.45) is 0 Å². The lowest BCUT2D eigenvalue weighted by Gasteiger charge is -2.20. The number of hydrogen-bond donors (Lipinski definition) is 2. The minimum absolute atomic E-state index is 0.0633. The number of benzene rings is 1. The number of alkyl halides is 3. The maximum absolute atomic E-state index is 12.4. The van der Waals surface area contributed by atoms with Crippen molar-refractivity contribution < 1.29 is 27.4 Å². The predicted molar refractivity (Wildman–Crippen MR) is 82.0 cm³/mol. The maximum atomic E-state index is 12.4. The first kappa shape index (κ1) is 18.3. The van der Waals surface area contributed by atoms with Crippen LogP contribution in [0.2, 0.25) is 0 Å². The summed E-state index contributed by atoms with van der Waals surface area (Å²) < 4.78 is 46.7. The zero-order valence-corrected chi connectivity index (χ0v) is 13.4. The minimum atomic E-state index is -4.83. The Bertz CT molecular complexity index is 568. The third kappa shape index (κ3) is 5.27. The quantitative estimate of drug-likeness (QED) is 0.859. The normalized spacial score (nSPS) is 21.5. The molecular formula is C15H20F3N3O3. The van der Waals surface area contributed by atoms with Crippen LogP contribution in [-0.2, 0) is 4.74 Å². The average molecular weight is 347 g/mol. The molecule has 1 aliphatic rings. The van der Waals surface area contributed by atoms with E-state index in [1.165, 1.54) is 18.2 Å². The van der Waals surface area contributed by atoms with E-state index >= 15 is 0 Å². The number of nitrogens with zero attached hydrogens (tertiary/aromatic N) is 1. The van der Waals surface area contributed by atoms with Crippen LogP contribution in [0.4, 0.5) is 23.7 Å². The summed E-state index contributed by atoms with van der Waals surface area (Å²) in [6, 6.07) is 4.51. The van der Waals surface area contributed by atoms with Crippen LogP contribution in [0.1, 0.15) is 6.92 Å². The molecule has 0 spiro atoms. The molecule has 1 aliphatic heterocycles. The van der Waals surface area contributed by atoms with Crippen molar-refractivity contribution in [3.63, 3.8) is 0 Å². The van der Waals surface area contributed by atoms with E-state index in [0.29, 0.717) is 19.7 Å². The molecule has 1 saturated heterocycles. The highest BCUT2D eigenvalue weighted by Gasteiger charge is 2.34. The molecule has 134 valence electrons. The van der Waals surface area contributed by atoms with Crippen LogP contribution in [0.5, 0.6) is 5.75 Å². The van der Waals surface area contributed by atoms with Gasteiger partial charge < -0.3 is 25.0 Å². The number of hydrogen-bond acceptors (Lipinski definition) is 4. The Balaban J connectivity index is 2.00. The molecule has 9 heteroatoms. The fraction of sp³-hybridized carbons (Fsp3) is 0.533. The highest BCUT2D eigenvalue weighted by Crippen LogP contribution is 2.29. The van der Waals surface area contributed by atoms with Crippen molar-refractivity contribution in [2.45, 2.75) is 25.4 Å². The van der Waals surface area contributed by atoms with Crippen LogP contribution < -0.4 is 15.4 Å². The van der Waals surface area contributed by atoms with Crippen LogP contribution >= 0.6 is 0 Å². The smallest absolute Gasteiger partial charge is 0.404 e. The van der Waals surface area contributed by atoms with E-state index in [9.17, 15) is 18.0 Å². The summed E-state index contributed by atoms with van der Waals surface area (Å²) >= 11 is 0. The van der Waals surface area contributed by atoms with Crippen molar-refractivity contribution in [3.05, 3.63) is 24.3 Å². The molecule has 0 bridgehead atoms. The molecule has 0 unspecified atom stereocenters. The predicted octanol–water partition coefficient (Wildman–Crippen LogP) is 2.43. The van der Waals surface area contributed by atoms with E-state index in [2.05, 4.69) is 15.4 Å². The zero-order chi connectivity index (χ0) is 17.7. The fourth-order valence-electron chi connectivity index (χ4n) is 2.59. The molecule has 1 fully saturated rings. The Labute approximate surface area is 137 Å². The van der Waals surface area contributed by atoms with Gasteiger partial charge in [-0.05, 0) is 26.1 Å². The minimum Gasteiger partial charge on any atom is -0.404 e. The fourth-order valence-corrected chi connectivity index (χ4v) is 2.59. The monoisotopic (exact) mass is 347 g/mol.